The molecule has 1 unspecified atom stereocenters. The minimum absolute atomic E-state index is 0.106. The molecule has 1 saturated carbocycles. The van der Waals surface area contributed by atoms with Gasteiger partial charge in [-0.05, 0) is 71.2 Å². The summed E-state index contributed by atoms with van der Waals surface area (Å²) in [4.78, 5) is 68.5. The number of aromatic nitrogens is 4. The van der Waals surface area contributed by atoms with Gasteiger partial charge in [0.2, 0.25) is 11.8 Å². The quantitative estimate of drug-likeness (QED) is 0.125. The Bertz CT molecular complexity index is 2160. The highest BCUT2D eigenvalue weighted by Gasteiger charge is 2.49. The van der Waals surface area contributed by atoms with Crippen LogP contribution in [-0.2, 0) is 25.6 Å². The van der Waals surface area contributed by atoms with Crippen molar-refractivity contribution >= 4 is 34.8 Å². The van der Waals surface area contributed by atoms with Crippen LogP contribution in [0.1, 0.15) is 50.3 Å². The number of fused-ring (bicyclic) bond motifs is 3. The van der Waals surface area contributed by atoms with Crippen LogP contribution in [0.5, 0.6) is 0 Å². The molecule has 3 aromatic carbocycles. The molecule has 5 aromatic rings. The lowest BCUT2D eigenvalue weighted by atomic mass is 9.97. The Balaban J connectivity index is 1.01. The van der Waals surface area contributed by atoms with E-state index in [1.165, 1.54) is 14.2 Å². The molecule has 1 aliphatic heterocycles. The average molecular weight is 733 g/mol. The van der Waals surface area contributed by atoms with Crippen molar-refractivity contribution < 1.29 is 28.7 Å². The smallest absolute Gasteiger partial charge is 0.407 e. The number of ether oxygens (including phenoxy) is 2. The van der Waals surface area contributed by atoms with Gasteiger partial charge in [-0.25, -0.2) is 19.6 Å². The maximum absolute atomic E-state index is 13.2. The summed E-state index contributed by atoms with van der Waals surface area (Å²) in [5.74, 6) is 1.41. The third-order valence-electron chi connectivity index (χ3n) is 10.4. The summed E-state index contributed by atoms with van der Waals surface area (Å²) in [7, 11) is 2.54. The second-order valence-corrected chi connectivity index (χ2v) is 13.8. The minimum atomic E-state index is -0.648. The predicted octanol–water partition coefficient (Wildman–Crippen LogP) is 5.79. The molecule has 0 spiro atoms. The van der Waals surface area contributed by atoms with Crippen LogP contribution in [0.4, 0.5) is 9.59 Å². The molecule has 2 bridgehead atoms. The average Bonchev–Trinajstić information content (AvgIpc) is 4.04. The topological polar surface area (TPSA) is 175 Å². The number of piperidine rings is 1. The van der Waals surface area contributed by atoms with Gasteiger partial charge in [0, 0.05) is 18.2 Å². The highest BCUT2D eigenvalue weighted by Crippen LogP contribution is 2.49. The number of carbonyl (C=O) groups excluding carboxylic acids is 4. The molecular formula is C40H44N8O6. The number of hydrogen-bond acceptors (Lipinski definition) is 8. The zero-order valence-corrected chi connectivity index (χ0v) is 30.6. The first kappa shape index (κ1) is 36.2. The van der Waals surface area contributed by atoms with Crippen molar-refractivity contribution in [3.05, 3.63) is 84.7 Å². The van der Waals surface area contributed by atoms with Gasteiger partial charge in [-0.3, -0.25) is 9.59 Å². The van der Waals surface area contributed by atoms with Gasteiger partial charge < -0.3 is 39.9 Å². The van der Waals surface area contributed by atoms with Gasteiger partial charge in [0.25, 0.3) is 0 Å². The first-order valence-electron chi connectivity index (χ1n) is 18.2. The summed E-state index contributed by atoms with van der Waals surface area (Å²) in [5.41, 5.74) is 5.87. The Kier molecular flexibility index (Phi) is 10.6. The number of nitrogens with one attached hydrogen (secondary N) is 4. The maximum atomic E-state index is 13.2. The van der Waals surface area contributed by atoms with Crippen LogP contribution in [0.15, 0.2) is 73.1 Å². The van der Waals surface area contributed by atoms with Gasteiger partial charge in [0.05, 0.1) is 50.6 Å². The molecule has 14 heteroatoms. The van der Waals surface area contributed by atoms with E-state index in [1.54, 1.807) is 11.1 Å². The van der Waals surface area contributed by atoms with Crippen molar-refractivity contribution in [2.24, 2.45) is 5.92 Å². The fourth-order valence-corrected chi connectivity index (χ4v) is 7.74. The third kappa shape index (κ3) is 7.63. The molecule has 1 aliphatic carbocycles. The summed E-state index contributed by atoms with van der Waals surface area (Å²) in [5, 5.41) is 7.16. The zero-order valence-electron chi connectivity index (χ0n) is 30.6. The molecule has 2 fully saturated rings. The molecule has 2 aliphatic rings. The molecule has 280 valence electrons. The second-order valence-electron chi connectivity index (χ2n) is 13.8. The van der Waals surface area contributed by atoms with Crippen LogP contribution >= 0.6 is 0 Å². The van der Waals surface area contributed by atoms with Crippen molar-refractivity contribution in [1.29, 1.82) is 0 Å². The van der Waals surface area contributed by atoms with E-state index in [0.29, 0.717) is 24.8 Å². The summed E-state index contributed by atoms with van der Waals surface area (Å²) < 4.78 is 9.20. The van der Waals surface area contributed by atoms with E-state index in [4.69, 9.17) is 4.98 Å². The number of likely N-dealkylation sites (tertiary alicyclic amines) is 1. The zero-order chi connectivity index (χ0) is 37.8. The number of methoxy groups -OCH3 is 2. The number of aromatic amines is 2. The van der Waals surface area contributed by atoms with E-state index >= 15 is 0 Å². The van der Waals surface area contributed by atoms with E-state index < -0.39 is 12.2 Å². The van der Waals surface area contributed by atoms with E-state index in [2.05, 4.69) is 83.6 Å². The molecule has 3 heterocycles. The molecule has 7 rings (SSSR count). The number of hydrogen-bond donors (Lipinski definition) is 4. The van der Waals surface area contributed by atoms with Crippen molar-refractivity contribution in [2.45, 2.75) is 51.2 Å². The Labute approximate surface area is 312 Å². The van der Waals surface area contributed by atoms with Crippen LogP contribution < -0.4 is 10.6 Å². The Morgan fingerprint density at radius 2 is 1.43 bits per heavy atom. The van der Waals surface area contributed by atoms with Crippen molar-refractivity contribution in [3.8, 4) is 33.6 Å². The van der Waals surface area contributed by atoms with Gasteiger partial charge in [0.1, 0.15) is 24.7 Å². The molecule has 4 amide bonds. The first-order chi connectivity index (χ1) is 26.2. The lowest BCUT2D eigenvalue weighted by Crippen LogP contribution is -2.45. The normalized spacial score (nSPS) is 17.4. The van der Waals surface area contributed by atoms with Crippen LogP contribution in [-0.4, -0.2) is 93.6 Å². The molecule has 14 nitrogen and oxygen atoms in total. The summed E-state index contributed by atoms with van der Waals surface area (Å²) >= 11 is 0. The van der Waals surface area contributed by atoms with E-state index in [0.717, 1.165) is 75.9 Å². The summed E-state index contributed by atoms with van der Waals surface area (Å²) in [6.45, 7) is 2.57. The molecule has 0 radical (unpaired) electrons. The van der Waals surface area contributed by atoms with Gasteiger partial charge >= 0.3 is 12.2 Å². The van der Waals surface area contributed by atoms with E-state index in [1.807, 2.05) is 30.2 Å². The number of carbonyl (C=O) groups is 4. The number of nitrogens with zero attached hydrogens (tertiary/aromatic N) is 4. The van der Waals surface area contributed by atoms with E-state index in [-0.39, 0.29) is 37.0 Å². The summed E-state index contributed by atoms with van der Waals surface area (Å²) in [6.07, 6.45) is 6.05. The number of imidazole rings is 2. The SMILES string of the molecule is CCCN(Cc1ncc(-c2ccc(-c3ccc4cc(-c5cnc(C6[C@H]7CC[C@H](C7)N6C(=O)CNC(=O)OC)[nH]5)ccc4c3)cc2)[nH]1)C(=O)CNC(=O)OC. The predicted molar refractivity (Wildman–Crippen MR) is 202 cm³/mol. The monoisotopic (exact) mass is 732 g/mol. The van der Waals surface area contributed by atoms with Gasteiger partial charge in [0.15, 0.2) is 0 Å². The lowest BCUT2D eigenvalue weighted by Gasteiger charge is -2.34. The van der Waals surface area contributed by atoms with Crippen LogP contribution in [0.3, 0.4) is 0 Å². The number of amides is 4. The fraction of sp³-hybridized carbons (Fsp3) is 0.350. The van der Waals surface area contributed by atoms with E-state index in [9.17, 15) is 19.2 Å². The van der Waals surface area contributed by atoms with Crippen LogP contribution in [0.2, 0.25) is 0 Å². The Morgan fingerprint density at radius 1 is 0.796 bits per heavy atom. The molecule has 4 N–H and O–H groups in total. The van der Waals surface area contributed by atoms with Crippen molar-refractivity contribution in [2.75, 3.05) is 33.9 Å². The highest BCUT2D eigenvalue weighted by molar-refractivity contribution is 5.91. The molecular weight excluding hydrogens is 688 g/mol. The second kappa shape index (κ2) is 15.8. The number of rotatable bonds is 12. The van der Waals surface area contributed by atoms with Gasteiger partial charge in [-0.15, -0.1) is 0 Å². The highest BCUT2D eigenvalue weighted by atomic mass is 16.5. The largest absolute Gasteiger partial charge is 0.453 e. The maximum Gasteiger partial charge on any atom is 0.407 e. The third-order valence-corrected chi connectivity index (χ3v) is 10.4. The standard InChI is InChI=1S/C40H44N8O6/c1-4-15-47(35(49)21-43-39(51)53-2)23-34-41-19-32(45-34)25-7-5-24(6-8-25)26-9-10-28-17-29(12-11-27(28)16-26)33-20-42-38(46-33)37-30-13-14-31(18-30)48(37)36(50)22-44-40(52)54-3/h5-12,16-17,19-20,30-31,37H,4,13-15,18,21-23H2,1-3H3,(H,41,45)(H,42,46)(H,43,51)(H,44,52)/t30-,31+,37?/m0/s1. The van der Waals surface area contributed by atoms with Crippen LogP contribution in [0, 0.1) is 5.92 Å². The fourth-order valence-electron chi connectivity index (χ4n) is 7.74. The van der Waals surface area contributed by atoms with Crippen molar-refractivity contribution in [3.63, 3.8) is 0 Å². The number of benzene rings is 3. The molecule has 1 saturated heterocycles. The molecule has 2 aromatic heterocycles. The van der Waals surface area contributed by atoms with Gasteiger partial charge in [-0.1, -0.05) is 55.5 Å². The molecule has 3 atom stereocenters. The Hall–Kier alpha value is -6.18. The Morgan fingerprint density at radius 3 is 2.15 bits per heavy atom. The first-order valence-corrected chi connectivity index (χ1v) is 18.2. The van der Waals surface area contributed by atoms with Gasteiger partial charge in [-0.2, -0.15) is 0 Å². The summed E-state index contributed by atoms with van der Waals surface area (Å²) in [6, 6.07) is 21.0. The van der Waals surface area contributed by atoms with Crippen LogP contribution in [0.25, 0.3) is 44.4 Å². The minimum Gasteiger partial charge on any atom is -0.453 e. The molecule has 54 heavy (non-hydrogen) atoms. The number of H-pyrrole nitrogens is 2. The van der Waals surface area contributed by atoms with Crippen molar-refractivity contribution in [1.82, 2.24) is 40.4 Å². The number of alkyl carbamates (subject to hydrolysis) is 2. The lowest BCUT2D eigenvalue weighted by molar-refractivity contribution is -0.135.